The zero-order valence-electron chi connectivity index (χ0n) is 18.3. The van der Waals surface area contributed by atoms with E-state index >= 15 is 0 Å². The number of carboxylic acids is 1. The van der Waals surface area contributed by atoms with Gasteiger partial charge in [0.25, 0.3) is 0 Å². The van der Waals surface area contributed by atoms with Crippen molar-refractivity contribution in [2.75, 3.05) is 12.4 Å². The van der Waals surface area contributed by atoms with Crippen LogP contribution in [0.4, 0.5) is 13.2 Å². The van der Waals surface area contributed by atoms with Crippen molar-refractivity contribution in [1.82, 2.24) is 0 Å². The summed E-state index contributed by atoms with van der Waals surface area (Å²) in [5.41, 5.74) is -0.574. The molecule has 2 rings (SSSR count). The first kappa shape index (κ1) is 26.2. The second-order valence-electron chi connectivity index (χ2n) is 7.71. The van der Waals surface area contributed by atoms with Gasteiger partial charge in [-0.2, -0.15) is 5.26 Å². The molecule has 0 saturated carbocycles. The van der Waals surface area contributed by atoms with Crippen LogP contribution in [0, 0.1) is 24.2 Å². The topological polar surface area (TPSA) is 88.8 Å². The van der Waals surface area contributed by atoms with Gasteiger partial charge >= 0.3 is 12.3 Å². The van der Waals surface area contributed by atoms with E-state index in [1.165, 1.54) is 37.7 Å². The lowest BCUT2D eigenvalue weighted by atomic mass is 10.1. The summed E-state index contributed by atoms with van der Waals surface area (Å²) in [6.07, 6.45) is -4.51. The van der Waals surface area contributed by atoms with Crippen molar-refractivity contribution >= 4 is 17.7 Å². The van der Waals surface area contributed by atoms with Crippen molar-refractivity contribution in [3.8, 4) is 23.3 Å². The third-order valence-electron chi connectivity index (χ3n) is 4.44. The molecule has 0 aromatic heterocycles. The van der Waals surface area contributed by atoms with Crippen molar-refractivity contribution in [2.45, 2.75) is 44.1 Å². The smallest absolute Gasteiger partial charge is 0.493 e. The standard InChI is InChI=1S/C23H24F3NO5S/c1-15-12-19(8-9-20(15)32-22(2,3)21(28)29)33-14-16(10-11-27)13-30-17-4-6-18(7-5-17)31-23(24,25)26/h4-9,12,16H,10,13-14H2,1-3H3,(H,28,29). The molecular formula is C23H24F3NO5S. The van der Waals surface area contributed by atoms with Gasteiger partial charge in [-0.05, 0) is 68.8 Å². The number of hydrogen-bond acceptors (Lipinski definition) is 6. The van der Waals surface area contributed by atoms with Gasteiger partial charge in [0.05, 0.1) is 12.7 Å². The second-order valence-corrected chi connectivity index (χ2v) is 8.81. The molecular weight excluding hydrogens is 459 g/mol. The minimum absolute atomic E-state index is 0.117. The van der Waals surface area contributed by atoms with Gasteiger partial charge < -0.3 is 19.3 Å². The highest BCUT2D eigenvalue weighted by atomic mass is 32.2. The van der Waals surface area contributed by atoms with Gasteiger partial charge in [-0.25, -0.2) is 4.79 Å². The number of aliphatic carboxylic acids is 1. The number of rotatable bonds is 11. The summed E-state index contributed by atoms with van der Waals surface area (Å²) in [6, 6.07) is 12.6. The van der Waals surface area contributed by atoms with Crippen LogP contribution in [0.1, 0.15) is 25.8 Å². The largest absolute Gasteiger partial charge is 0.573 e. The fourth-order valence-electron chi connectivity index (χ4n) is 2.61. The van der Waals surface area contributed by atoms with Crippen LogP contribution in [0.15, 0.2) is 47.4 Å². The molecule has 0 aliphatic carbocycles. The van der Waals surface area contributed by atoms with Crippen LogP contribution in [-0.4, -0.2) is 35.4 Å². The number of nitrogens with zero attached hydrogens (tertiary/aromatic N) is 1. The van der Waals surface area contributed by atoms with Gasteiger partial charge in [-0.15, -0.1) is 24.9 Å². The molecule has 0 aliphatic rings. The second kappa shape index (κ2) is 11.2. The van der Waals surface area contributed by atoms with Gasteiger partial charge in [-0.1, -0.05) is 0 Å². The first-order valence-corrected chi connectivity index (χ1v) is 10.9. The average Bonchev–Trinajstić information content (AvgIpc) is 2.71. The molecule has 1 unspecified atom stereocenters. The number of alkyl halides is 3. The highest BCUT2D eigenvalue weighted by molar-refractivity contribution is 7.99. The highest BCUT2D eigenvalue weighted by Crippen LogP contribution is 2.30. The van der Waals surface area contributed by atoms with E-state index in [-0.39, 0.29) is 24.7 Å². The number of nitriles is 1. The Bertz CT molecular complexity index is 987. The van der Waals surface area contributed by atoms with E-state index in [1.54, 1.807) is 6.07 Å². The van der Waals surface area contributed by atoms with Crippen LogP contribution in [-0.2, 0) is 4.79 Å². The number of hydrogen-bond donors (Lipinski definition) is 1. The number of carboxylic acid groups (broad SMARTS) is 1. The summed E-state index contributed by atoms with van der Waals surface area (Å²) in [6.45, 7) is 4.98. The molecule has 0 aliphatic heterocycles. The highest BCUT2D eigenvalue weighted by Gasteiger charge is 2.31. The van der Waals surface area contributed by atoms with Crippen LogP contribution in [0.25, 0.3) is 0 Å². The Hall–Kier alpha value is -3.06. The number of halogens is 3. The fraction of sp³-hybridized carbons (Fsp3) is 0.391. The minimum Gasteiger partial charge on any atom is -0.493 e. The quantitative estimate of drug-likeness (QED) is 0.402. The SMILES string of the molecule is Cc1cc(SCC(CC#N)COc2ccc(OC(F)(F)F)cc2)ccc1OC(C)(C)C(=O)O. The number of thioether (sulfide) groups is 1. The van der Waals surface area contributed by atoms with Crippen LogP contribution in [0.2, 0.25) is 0 Å². The zero-order valence-corrected chi connectivity index (χ0v) is 19.1. The Labute approximate surface area is 194 Å². The Morgan fingerprint density at radius 3 is 2.30 bits per heavy atom. The fourth-order valence-corrected chi connectivity index (χ4v) is 3.67. The van der Waals surface area contributed by atoms with E-state index in [2.05, 4.69) is 10.8 Å². The number of ether oxygens (including phenoxy) is 3. The van der Waals surface area contributed by atoms with Crippen molar-refractivity contribution in [1.29, 1.82) is 5.26 Å². The van der Waals surface area contributed by atoms with E-state index in [9.17, 15) is 23.1 Å². The predicted octanol–water partition coefficient (Wildman–Crippen LogP) is 5.84. The lowest BCUT2D eigenvalue weighted by Crippen LogP contribution is -2.38. The summed E-state index contributed by atoms with van der Waals surface area (Å²) in [5, 5.41) is 18.3. The molecule has 1 N–H and O–H groups in total. The van der Waals surface area contributed by atoms with Crippen molar-refractivity contribution in [3.63, 3.8) is 0 Å². The van der Waals surface area contributed by atoms with Gasteiger partial charge in [0, 0.05) is 23.0 Å². The van der Waals surface area contributed by atoms with Gasteiger partial charge in [0.1, 0.15) is 17.2 Å². The minimum atomic E-state index is -4.76. The zero-order chi connectivity index (χ0) is 24.6. The maximum absolute atomic E-state index is 12.2. The molecule has 2 aromatic carbocycles. The summed E-state index contributed by atoms with van der Waals surface area (Å²) < 4.78 is 51.8. The van der Waals surface area contributed by atoms with Crippen molar-refractivity contribution in [3.05, 3.63) is 48.0 Å². The van der Waals surface area contributed by atoms with E-state index in [0.29, 0.717) is 17.3 Å². The number of aryl methyl sites for hydroxylation is 1. The predicted molar refractivity (Wildman–Crippen MR) is 117 cm³/mol. The molecule has 0 fully saturated rings. The van der Waals surface area contributed by atoms with Gasteiger partial charge in [0.15, 0.2) is 5.60 Å². The molecule has 2 aromatic rings. The van der Waals surface area contributed by atoms with Crippen LogP contribution in [0.3, 0.4) is 0 Å². The lowest BCUT2D eigenvalue weighted by molar-refractivity contribution is -0.274. The third kappa shape index (κ3) is 8.77. The number of carbonyl (C=O) groups is 1. The van der Waals surface area contributed by atoms with E-state index in [4.69, 9.17) is 14.7 Å². The number of benzene rings is 2. The molecule has 0 spiro atoms. The van der Waals surface area contributed by atoms with Crippen LogP contribution < -0.4 is 14.2 Å². The maximum atomic E-state index is 12.2. The Balaban J connectivity index is 1.93. The molecule has 1 atom stereocenters. The van der Waals surface area contributed by atoms with Crippen molar-refractivity contribution in [2.24, 2.45) is 5.92 Å². The van der Waals surface area contributed by atoms with Crippen LogP contribution in [0.5, 0.6) is 17.2 Å². The molecule has 0 amide bonds. The van der Waals surface area contributed by atoms with Crippen LogP contribution >= 0.6 is 11.8 Å². The first-order valence-electron chi connectivity index (χ1n) is 9.91. The van der Waals surface area contributed by atoms with Gasteiger partial charge in [-0.3, -0.25) is 0 Å². The molecule has 0 radical (unpaired) electrons. The molecule has 6 nitrogen and oxygen atoms in total. The summed E-state index contributed by atoms with van der Waals surface area (Å²) in [7, 11) is 0. The summed E-state index contributed by atoms with van der Waals surface area (Å²) in [5.74, 6) is -0.107. The molecule has 10 heteroatoms. The van der Waals surface area contributed by atoms with E-state index in [0.717, 1.165) is 22.6 Å². The molecule has 0 saturated heterocycles. The first-order chi connectivity index (χ1) is 15.4. The summed E-state index contributed by atoms with van der Waals surface area (Å²) >= 11 is 1.51. The average molecular weight is 484 g/mol. The normalized spacial score (nSPS) is 12.5. The lowest BCUT2D eigenvalue weighted by Gasteiger charge is -2.23. The molecule has 33 heavy (non-hydrogen) atoms. The maximum Gasteiger partial charge on any atom is 0.573 e. The summed E-state index contributed by atoms with van der Waals surface area (Å²) in [4.78, 5) is 12.2. The van der Waals surface area contributed by atoms with Gasteiger partial charge in [0.2, 0.25) is 0 Å². The monoisotopic (exact) mass is 483 g/mol. The Morgan fingerprint density at radius 1 is 1.12 bits per heavy atom. The molecule has 0 bridgehead atoms. The molecule has 0 heterocycles. The van der Waals surface area contributed by atoms with Crippen molar-refractivity contribution < 1.29 is 37.3 Å². The molecule has 178 valence electrons. The Morgan fingerprint density at radius 2 is 1.76 bits per heavy atom. The third-order valence-corrected chi connectivity index (χ3v) is 5.66. The van der Waals surface area contributed by atoms with E-state index < -0.39 is 17.9 Å². The Kier molecular flexibility index (Phi) is 8.88. The van der Waals surface area contributed by atoms with E-state index in [1.807, 2.05) is 19.1 Å².